The number of nitrogen functional groups attached to an aromatic ring is 1. The van der Waals surface area contributed by atoms with E-state index in [1.807, 2.05) is 27.7 Å². The third-order valence-electron chi connectivity index (χ3n) is 3.44. The molecule has 25 heavy (non-hydrogen) atoms. The molecule has 0 unspecified atom stereocenters. The van der Waals surface area contributed by atoms with Crippen molar-refractivity contribution in [3.63, 3.8) is 0 Å². The number of aromatic amines is 1. The maximum Gasteiger partial charge on any atom is 0.330 e. The van der Waals surface area contributed by atoms with Gasteiger partial charge in [0.05, 0.1) is 6.54 Å². The maximum absolute atomic E-state index is 12.4. The monoisotopic (exact) mass is 351 g/mol. The molecule has 1 aromatic rings. The van der Waals surface area contributed by atoms with Gasteiger partial charge >= 0.3 is 5.69 Å². The second-order valence-electron chi connectivity index (χ2n) is 6.86. The van der Waals surface area contributed by atoms with Gasteiger partial charge in [0.25, 0.3) is 5.56 Å². The second kappa shape index (κ2) is 9.10. The lowest BCUT2D eigenvalue weighted by Crippen LogP contribution is -2.44. The van der Waals surface area contributed by atoms with Gasteiger partial charge in [-0.15, -0.1) is 6.58 Å². The largest absolute Gasteiger partial charge is 0.383 e. The Kier molecular flexibility index (Phi) is 7.47. The third kappa shape index (κ3) is 5.81. The summed E-state index contributed by atoms with van der Waals surface area (Å²) in [4.78, 5) is 40.5. The van der Waals surface area contributed by atoms with Gasteiger partial charge in [0.1, 0.15) is 11.5 Å². The molecule has 0 saturated carbocycles. The highest BCUT2D eigenvalue weighted by molar-refractivity contribution is 5.82. The van der Waals surface area contributed by atoms with Crippen LogP contribution in [0.1, 0.15) is 27.7 Å². The van der Waals surface area contributed by atoms with E-state index in [1.165, 1.54) is 4.57 Å². The summed E-state index contributed by atoms with van der Waals surface area (Å²) >= 11 is 0. The van der Waals surface area contributed by atoms with Gasteiger partial charge in [0.15, 0.2) is 0 Å². The van der Waals surface area contributed by atoms with Gasteiger partial charge in [-0.1, -0.05) is 33.8 Å². The van der Waals surface area contributed by atoms with Crippen molar-refractivity contribution >= 4 is 17.4 Å². The number of rotatable bonds is 9. The molecule has 0 aromatic carbocycles. The van der Waals surface area contributed by atoms with Gasteiger partial charge in [-0.05, 0) is 11.8 Å². The Balaban J connectivity index is 3.33. The summed E-state index contributed by atoms with van der Waals surface area (Å²) in [5.74, 6) is 0.199. The first kappa shape index (κ1) is 20.5. The van der Waals surface area contributed by atoms with Crippen LogP contribution in [0.4, 0.5) is 11.5 Å². The lowest BCUT2D eigenvalue weighted by molar-refractivity contribution is -0.119. The van der Waals surface area contributed by atoms with Crippen molar-refractivity contribution in [3.05, 3.63) is 33.5 Å². The summed E-state index contributed by atoms with van der Waals surface area (Å²) in [6, 6.07) is 0. The van der Waals surface area contributed by atoms with Gasteiger partial charge in [-0.3, -0.25) is 19.1 Å². The number of aromatic nitrogens is 2. The minimum absolute atomic E-state index is 0.0286. The minimum Gasteiger partial charge on any atom is -0.383 e. The van der Waals surface area contributed by atoms with Crippen LogP contribution in [-0.2, 0) is 11.3 Å². The van der Waals surface area contributed by atoms with Crippen LogP contribution in [0, 0.1) is 11.8 Å². The first-order valence-electron chi connectivity index (χ1n) is 8.42. The van der Waals surface area contributed by atoms with Crippen molar-refractivity contribution in [2.24, 2.45) is 11.8 Å². The molecule has 0 aliphatic heterocycles. The van der Waals surface area contributed by atoms with Crippen molar-refractivity contribution in [2.75, 3.05) is 30.3 Å². The van der Waals surface area contributed by atoms with Crippen molar-refractivity contribution in [1.29, 1.82) is 0 Å². The highest BCUT2D eigenvalue weighted by Crippen LogP contribution is 2.18. The SMILES string of the molecule is C=CCNC(=O)CN(CC(C)C)c1c(N)n(CC(C)C)c(=O)[nH]c1=O. The summed E-state index contributed by atoms with van der Waals surface area (Å²) in [7, 11) is 0. The number of nitrogens with two attached hydrogens (primary N) is 1. The molecule has 0 saturated heterocycles. The van der Waals surface area contributed by atoms with Gasteiger partial charge in [0, 0.05) is 19.6 Å². The van der Waals surface area contributed by atoms with E-state index in [-0.39, 0.29) is 35.8 Å². The van der Waals surface area contributed by atoms with E-state index in [2.05, 4.69) is 16.9 Å². The molecular weight excluding hydrogens is 322 g/mol. The second-order valence-corrected chi connectivity index (χ2v) is 6.86. The van der Waals surface area contributed by atoms with E-state index in [4.69, 9.17) is 5.73 Å². The fourth-order valence-corrected chi connectivity index (χ4v) is 2.52. The molecule has 0 aliphatic rings. The zero-order valence-corrected chi connectivity index (χ0v) is 15.5. The van der Waals surface area contributed by atoms with E-state index < -0.39 is 11.2 Å². The van der Waals surface area contributed by atoms with Gasteiger partial charge in [-0.2, -0.15) is 0 Å². The van der Waals surface area contributed by atoms with Crippen LogP contribution in [0.15, 0.2) is 22.2 Å². The zero-order chi connectivity index (χ0) is 19.1. The lowest BCUT2D eigenvalue weighted by atomic mass is 10.2. The Labute approximate surface area is 147 Å². The molecule has 1 amide bonds. The summed E-state index contributed by atoms with van der Waals surface area (Å²) in [6.45, 7) is 12.6. The van der Waals surface area contributed by atoms with Crippen LogP contribution >= 0.6 is 0 Å². The highest BCUT2D eigenvalue weighted by Gasteiger charge is 2.22. The zero-order valence-electron chi connectivity index (χ0n) is 15.5. The number of hydrogen-bond acceptors (Lipinski definition) is 5. The van der Waals surface area contributed by atoms with E-state index in [0.717, 1.165) is 0 Å². The van der Waals surface area contributed by atoms with E-state index in [9.17, 15) is 14.4 Å². The summed E-state index contributed by atoms with van der Waals surface area (Å²) in [5.41, 5.74) is 5.17. The Morgan fingerprint density at radius 2 is 1.96 bits per heavy atom. The van der Waals surface area contributed by atoms with Gasteiger partial charge in [-0.25, -0.2) is 4.79 Å². The summed E-state index contributed by atoms with van der Waals surface area (Å²) in [6.07, 6.45) is 1.58. The Morgan fingerprint density at radius 3 is 2.48 bits per heavy atom. The normalized spacial score (nSPS) is 11.0. The number of carbonyl (C=O) groups excluding carboxylic acids is 1. The van der Waals surface area contributed by atoms with Crippen molar-refractivity contribution in [1.82, 2.24) is 14.9 Å². The average molecular weight is 351 g/mol. The molecule has 0 bridgehead atoms. The van der Waals surface area contributed by atoms with E-state index >= 15 is 0 Å². The fraction of sp³-hybridized carbons (Fsp3) is 0.588. The highest BCUT2D eigenvalue weighted by atomic mass is 16.2. The van der Waals surface area contributed by atoms with Crippen LogP contribution in [0.3, 0.4) is 0 Å². The van der Waals surface area contributed by atoms with Crippen LogP contribution in [0.2, 0.25) is 0 Å². The number of carbonyl (C=O) groups is 1. The maximum atomic E-state index is 12.4. The Bertz CT molecular complexity index is 718. The molecule has 8 nitrogen and oxygen atoms in total. The predicted octanol–water partition coefficient (Wildman–Crippen LogP) is 0.539. The molecule has 0 aliphatic carbocycles. The number of H-pyrrole nitrogens is 1. The fourth-order valence-electron chi connectivity index (χ4n) is 2.52. The molecule has 4 N–H and O–H groups in total. The number of anilines is 2. The molecule has 0 spiro atoms. The molecule has 1 heterocycles. The van der Waals surface area contributed by atoms with Crippen LogP contribution in [-0.4, -0.2) is 35.1 Å². The third-order valence-corrected chi connectivity index (χ3v) is 3.44. The van der Waals surface area contributed by atoms with Crippen molar-refractivity contribution in [3.8, 4) is 0 Å². The summed E-state index contributed by atoms with van der Waals surface area (Å²) < 4.78 is 1.34. The van der Waals surface area contributed by atoms with E-state index in [1.54, 1.807) is 11.0 Å². The van der Waals surface area contributed by atoms with Crippen molar-refractivity contribution in [2.45, 2.75) is 34.2 Å². The first-order valence-corrected chi connectivity index (χ1v) is 8.42. The molecule has 1 rings (SSSR count). The molecule has 0 atom stereocenters. The molecule has 0 fully saturated rings. The number of nitrogens with zero attached hydrogens (tertiary/aromatic N) is 2. The number of amides is 1. The van der Waals surface area contributed by atoms with Crippen LogP contribution in [0.25, 0.3) is 0 Å². The smallest absolute Gasteiger partial charge is 0.330 e. The predicted molar refractivity (Wildman–Crippen MR) is 101 cm³/mol. The van der Waals surface area contributed by atoms with E-state index in [0.29, 0.717) is 19.6 Å². The van der Waals surface area contributed by atoms with Gasteiger partial charge in [0.2, 0.25) is 5.91 Å². The first-order chi connectivity index (χ1) is 11.7. The summed E-state index contributed by atoms with van der Waals surface area (Å²) in [5, 5.41) is 2.68. The quantitative estimate of drug-likeness (QED) is 0.562. The molecule has 140 valence electrons. The molecule has 1 aromatic heterocycles. The molecule has 0 radical (unpaired) electrons. The molecule has 8 heteroatoms. The van der Waals surface area contributed by atoms with Crippen LogP contribution < -0.4 is 27.2 Å². The van der Waals surface area contributed by atoms with Crippen molar-refractivity contribution < 1.29 is 4.79 Å². The average Bonchev–Trinajstić information content (AvgIpc) is 2.48. The van der Waals surface area contributed by atoms with Crippen LogP contribution in [0.5, 0.6) is 0 Å². The lowest BCUT2D eigenvalue weighted by Gasteiger charge is -2.27. The number of nitrogens with one attached hydrogen (secondary N) is 2. The molecular formula is C17H29N5O3. The van der Waals surface area contributed by atoms with Gasteiger partial charge < -0.3 is 16.0 Å². The number of hydrogen-bond donors (Lipinski definition) is 3. The topological polar surface area (TPSA) is 113 Å². The Hall–Kier alpha value is -2.51. The standard InChI is InChI=1S/C17H29N5O3/c1-6-7-19-13(23)10-21(8-11(2)3)14-15(18)22(9-12(4)5)17(25)20-16(14)24/h6,11-12H,1,7-10,18H2,2-5H3,(H,19,23)(H,20,24,25). The Morgan fingerprint density at radius 1 is 1.32 bits per heavy atom. The minimum atomic E-state index is -0.584.